The molecule has 8 nitrogen and oxygen atoms in total. The van der Waals surface area contributed by atoms with E-state index >= 15 is 0 Å². The Morgan fingerprint density at radius 1 is 0.600 bits per heavy atom. The summed E-state index contributed by atoms with van der Waals surface area (Å²) in [5.74, 6) is -8.17. The second-order valence-electron chi connectivity index (χ2n) is 6.58. The summed E-state index contributed by atoms with van der Waals surface area (Å²) in [6.07, 6.45) is 0. The van der Waals surface area contributed by atoms with E-state index in [4.69, 9.17) is 0 Å². The maximum atomic E-state index is 11.6. The molecule has 6 fully saturated rings. The molecule has 0 aromatic rings. The van der Waals surface area contributed by atoms with Crippen LogP contribution in [0.4, 0.5) is 0 Å². The van der Waals surface area contributed by atoms with Crippen LogP contribution in [0.15, 0.2) is 0 Å². The SMILES string of the molecule is O=C(O)C12C3C4C1C1(C(=O)O)C4(C(=O)O)C3C21C(=O)O. The Hall–Kier alpha value is -2.12. The standard InChI is InChI=1S/C12H8O8/c13-5(14)9-1-2-4(9)12(8(19)20)10(2,6(15)16)3(1)11(9,12)7(17)18/h1-4H,(H,13,14)(H,15,16)(H,17,18)(H,19,20). The van der Waals surface area contributed by atoms with E-state index in [-0.39, 0.29) is 0 Å². The molecule has 0 amide bonds. The van der Waals surface area contributed by atoms with Crippen LogP contribution >= 0.6 is 0 Å². The van der Waals surface area contributed by atoms with Crippen molar-refractivity contribution in [3.05, 3.63) is 0 Å². The van der Waals surface area contributed by atoms with Crippen LogP contribution in [0.1, 0.15) is 0 Å². The van der Waals surface area contributed by atoms with Crippen LogP contribution in [0.2, 0.25) is 0 Å². The quantitative estimate of drug-likeness (QED) is 0.501. The minimum Gasteiger partial charge on any atom is -0.481 e. The molecular formula is C12H8O8. The van der Waals surface area contributed by atoms with Gasteiger partial charge in [0.25, 0.3) is 0 Å². The lowest BCUT2D eigenvalue weighted by Gasteiger charge is -3.13. The average Bonchev–Trinajstić information content (AvgIpc) is 2.35. The van der Waals surface area contributed by atoms with Gasteiger partial charge in [0.05, 0.1) is 10.8 Å². The molecule has 8 unspecified atom stereocenters. The first-order valence-electron chi connectivity index (χ1n) is 6.19. The monoisotopic (exact) mass is 280 g/mol. The van der Waals surface area contributed by atoms with Gasteiger partial charge in [-0.2, -0.15) is 0 Å². The molecule has 6 aliphatic carbocycles. The fourth-order valence-corrected chi connectivity index (χ4v) is 7.64. The highest BCUT2D eigenvalue weighted by molar-refractivity contribution is 6.15. The van der Waals surface area contributed by atoms with Crippen molar-refractivity contribution in [1.29, 1.82) is 0 Å². The molecule has 6 rings (SSSR count). The Labute approximate surface area is 110 Å². The van der Waals surface area contributed by atoms with Crippen LogP contribution in [0.5, 0.6) is 0 Å². The third-order valence-electron chi connectivity index (χ3n) is 7.38. The summed E-state index contributed by atoms with van der Waals surface area (Å²) < 4.78 is 0. The Morgan fingerprint density at radius 3 is 1.10 bits per heavy atom. The zero-order valence-electron chi connectivity index (χ0n) is 9.73. The van der Waals surface area contributed by atoms with E-state index in [0.717, 1.165) is 0 Å². The normalized spacial score (nSPS) is 64.4. The van der Waals surface area contributed by atoms with Crippen LogP contribution in [0, 0.1) is 45.3 Å². The van der Waals surface area contributed by atoms with E-state index in [0.29, 0.717) is 0 Å². The van der Waals surface area contributed by atoms with Gasteiger partial charge in [-0.25, -0.2) is 0 Å². The Morgan fingerprint density at radius 2 is 0.900 bits per heavy atom. The summed E-state index contributed by atoms with van der Waals surface area (Å²) in [5, 5.41) is 37.7. The summed E-state index contributed by atoms with van der Waals surface area (Å²) in [5.41, 5.74) is -6.91. The van der Waals surface area contributed by atoms with Gasteiger partial charge in [-0.15, -0.1) is 0 Å². The first-order chi connectivity index (χ1) is 9.26. The molecule has 6 aliphatic rings. The van der Waals surface area contributed by atoms with Crippen molar-refractivity contribution in [3.8, 4) is 0 Å². The third kappa shape index (κ3) is 0.375. The Bertz CT molecular complexity index is 652. The molecule has 0 spiro atoms. The molecule has 20 heavy (non-hydrogen) atoms. The largest absolute Gasteiger partial charge is 0.481 e. The maximum Gasteiger partial charge on any atom is 0.312 e. The minimum atomic E-state index is -1.92. The van der Waals surface area contributed by atoms with Crippen molar-refractivity contribution in [2.24, 2.45) is 45.3 Å². The van der Waals surface area contributed by atoms with Crippen molar-refractivity contribution in [2.75, 3.05) is 0 Å². The first-order valence-corrected chi connectivity index (χ1v) is 6.19. The molecule has 0 bridgehead atoms. The molecular weight excluding hydrogens is 272 g/mol. The van der Waals surface area contributed by atoms with Gasteiger partial charge in [0.1, 0.15) is 10.8 Å². The summed E-state index contributed by atoms with van der Waals surface area (Å²) in [4.78, 5) is 46.4. The van der Waals surface area contributed by atoms with E-state index in [1.54, 1.807) is 0 Å². The smallest absolute Gasteiger partial charge is 0.312 e. The molecule has 0 aromatic heterocycles. The van der Waals surface area contributed by atoms with Crippen molar-refractivity contribution in [1.82, 2.24) is 0 Å². The number of rotatable bonds is 4. The van der Waals surface area contributed by atoms with Crippen molar-refractivity contribution in [2.45, 2.75) is 0 Å². The van der Waals surface area contributed by atoms with Crippen molar-refractivity contribution >= 4 is 23.9 Å². The lowest BCUT2D eigenvalue weighted by atomic mass is 8.83. The van der Waals surface area contributed by atoms with Gasteiger partial charge in [0.15, 0.2) is 0 Å². The lowest BCUT2D eigenvalue weighted by Crippen LogP contribution is -3.22. The average molecular weight is 280 g/mol. The molecule has 4 N–H and O–H groups in total. The van der Waals surface area contributed by atoms with E-state index < -0.39 is 69.2 Å². The zero-order valence-corrected chi connectivity index (χ0v) is 9.73. The van der Waals surface area contributed by atoms with Gasteiger partial charge in [0, 0.05) is 0 Å². The Kier molecular flexibility index (Phi) is 1.08. The van der Waals surface area contributed by atoms with Crippen LogP contribution in [-0.2, 0) is 19.2 Å². The minimum absolute atomic E-state index is 0.474. The van der Waals surface area contributed by atoms with Crippen molar-refractivity contribution in [3.63, 3.8) is 0 Å². The number of hydrogen-bond donors (Lipinski definition) is 4. The molecule has 8 atom stereocenters. The van der Waals surface area contributed by atoms with Gasteiger partial charge in [-0.05, 0) is 23.7 Å². The summed E-state index contributed by atoms with van der Waals surface area (Å²) in [6, 6.07) is 0. The summed E-state index contributed by atoms with van der Waals surface area (Å²) in [6.45, 7) is 0. The highest BCUT2D eigenvalue weighted by Gasteiger charge is 3.27. The third-order valence-corrected chi connectivity index (χ3v) is 7.38. The summed E-state index contributed by atoms with van der Waals surface area (Å²) in [7, 11) is 0. The number of carboxylic acid groups (broad SMARTS) is 4. The molecule has 0 aromatic carbocycles. The maximum absolute atomic E-state index is 11.6. The predicted molar refractivity (Wildman–Crippen MR) is 54.2 cm³/mol. The van der Waals surface area contributed by atoms with Gasteiger partial charge in [0.2, 0.25) is 0 Å². The number of hydrogen-bond acceptors (Lipinski definition) is 4. The van der Waals surface area contributed by atoms with Crippen LogP contribution in [0.25, 0.3) is 0 Å². The molecule has 0 heterocycles. The molecule has 8 heteroatoms. The molecule has 0 radical (unpaired) electrons. The van der Waals surface area contributed by atoms with E-state index in [2.05, 4.69) is 0 Å². The van der Waals surface area contributed by atoms with Gasteiger partial charge in [-0.1, -0.05) is 0 Å². The van der Waals surface area contributed by atoms with Crippen LogP contribution in [0.3, 0.4) is 0 Å². The molecule has 6 saturated carbocycles. The second-order valence-corrected chi connectivity index (χ2v) is 6.58. The van der Waals surface area contributed by atoms with E-state index in [1.165, 1.54) is 0 Å². The van der Waals surface area contributed by atoms with Gasteiger partial charge >= 0.3 is 23.9 Å². The summed E-state index contributed by atoms with van der Waals surface area (Å²) >= 11 is 0. The number of carbonyl (C=O) groups is 4. The highest BCUT2D eigenvalue weighted by Crippen LogP contribution is 3.18. The van der Waals surface area contributed by atoms with Crippen LogP contribution < -0.4 is 0 Å². The van der Waals surface area contributed by atoms with Crippen molar-refractivity contribution < 1.29 is 39.6 Å². The molecule has 104 valence electrons. The number of aliphatic carboxylic acids is 4. The fraction of sp³-hybridized carbons (Fsp3) is 0.667. The predicted octanol–water partition coefficient (Wildman–Crippen LogP) is -1.20. The first kappa shape index (κ1) is 10.6. The van der Waals surface area contributed by atoms with Gasteiger partial charge < -0.3 is 20.4 Å². The van der Waals surface area contributed by atoms with E-state index in [1.807, 2.05) is 0 Å². The fourth-order valence-electron chi connectivity index (χ4n) is 7.64. The second kappa shape index (κ2) is 2.02. The van der Waals surface area contributed by atoms with Crippen LogP contribution in [-0.4, -0.2) is 44.3 Å². The Balaban J connectivity index is 1.81. The zero-order chi connectivity index (χ0) is 14.6. The lowest BCUT2D eigenvalue weighted by molar-refractivity contribution is -0.686. The topological polar surface area (TPSA) is 149 Å². The molecule has 0 saturated heterocycles. The van der Waals surface area contributed by atoms with Gasteiger partial charge in [-0.3, -0.25) is 19.2 Å². The number of carboxylic acids is 4. The van der Waals surface area contributed by atoms with E-state index in [9.17, 15) is 39.6 Å². The highest BCUT2D eigenvalue weighted by atomic mass is 16.4. The molecule has 0 aliphatic heterocycles.